The van der Waals surface area contributed by atoms with Gasteiger partial charge in [-0.3, -0.25) is 0 Å². The van der Waals surface area contributed by atoms with Gasteiger partial charge >= 0.3 is 5.97 Å². The van der Waals surface area contributed by atoms with Crippen molar-refractivity contribution < 1.29 is 14.6 Å². The summed E-state index contributed by atoms with van der Waals surface area (Å²) in [6, 6.07) is 0. The van der Waals surface area contributed by atoms with Gasteiger partial charge in [0.1, 0.15) is 6.61 Å². The van der Waals surface area contributed by atoms with Crippen molar-refractivity contribution in [3.8, 4) is 0 Å². The maximum absolute atomic E-state index is 10.1. The molecule has 0 aromatic carbocycles. The molecule has 0 saturated heterocycles. The van der Waals surface area contributed by atoms with Crippen molar-refractivity contribution in [1.82, 2.24) is 0 Å². The molecule has 0 saturated carbocycles. The molecular weight excluding hydrogens is 216 g/mol. The number of carbonyl (C=O) groups excluding carboxylic acids is 1. The standard InChI is InChI=1S/C5H8O3.CH2S3/c1-2-5(7)8-4-3-6;2-1(3)4/h2,6H,1,3-4H2;(H2,2,3,4). The molecule has 0 amide bonds. The Morgan fingerprint density at radius 1 is 1.67 bits per heavy atom. The molecule has 0 aliphatic carbocycles. The van der Waals surface area contributed by atoms with Crippen molar-refractivity contribution in [2.45, 2.75) is 0 Å². The number of rotatable bonds is 3. The van der Waals surface area contributed by atoms with E-state index in [1.165, 1.54) is 0 Å². The fourth-order valence-electron chi connectivity index (χ4n) is 0.205. The number of ether oxygens (including phenoxy) is 1. The lowest BCUT2D eigenvalue weighted by molar-refractivity contribution is -0.138. The molecule has 70 valence electrons. The van der Waals surface area contributed by atoms with Gasteiger partial charge in [-0.25, -0.2) is 4.79 Å². The number of aliphatic hydroxyl groups is 1. The van der Waals surface area contributed by atoms with E-state index < -0.39 is 5.97 Å². The van der Waals surface area contributed by atoms with E-state index in [0.717, 1.165) is 6.08 Å². The van der Waals surface area contributed by atoms with Gasteiger partial charge in [-0.05, 0) is 0 Å². The average Bonchev–Trinajstić information content (AvgIpc) is 1.99. The van der Waals surface area contributed by atoms with Gasteiger partial charge in [0, 0.05) is 6.08 Å². The van der Waals surface area contributed by atoms with Gasteiger partial charge < -0.3 is 9.84 Å². The fourth-order valence-corrected chi connectivity index (χ4v) is 0.205. The second-order valence-corrected chi connectivity index (χ2v) is 3.64. The van der Waals surface area contributed by atoms with Crippen molar-refractivity contribution >= 4 is 47.0 Å². The summed E-state index contributed by atoms with van der Waals surface area (Å²) < 4.78 is 4.72. The lowest BCUT2D eigenvalue weighted by Crippen LogP contribution is -2.04. The van der Waals surface area contributed by atoms with E-state index in [0.29, 0.717) is 3.53 Å². The molecule has 6 heteroatoms. The lowest BCUT2D eigenvalue weighted by atomic mass is 10.6. The van der Waals surface area contributed by atoms with Gasteiger partial charge in [-0.15, -0.1) is 25.3 Å². The van der Waals surface area contributed by atoms with Crippen LogP contribution in [-0.2, 0) is 9.53 Å². The molecule has 0 unspecified atom stereocenters. The Morgan fingerprint density at radius 2 is 2.08 bits per heavy atom. The summed E-state index contributed by atoms with van der Waals surface area (Å²) in [5, 5.41) is 8.10. The van der Waals surface area contributed by atoms with Gasteiger partial charge in [0.15, 0.2) is 0 Å². The number of hydrogen-bond acceptors (Lipinski definition) is 4. The quantitative estimate of drug-likeness (QED) is 0.289. The Balaban J connectivity index is 0. The van der Waals surface area contributed by atoms with Crippen molar-refractivity contribution in [3.63, 3.8) is 0 Å². The highest BCUT2D eigenvalue weighted by Gasteiger charge is 1.90. The topological polar surface area (TPSA) is 46.5 Å². The normalized spacial score (nSPS) is 7.58. The first-order chi connectivity index (χ1) is 5.54. The van der Waals surface area contributed by atoms with E-state index >= 15 is 0 Å². The van der Waals surface area contributed by atoms with Crippen LogP contribution in [0.3, 0.4) is 0 Å². The summed E-state index contributed by atoms with van der Waals surface area (Å²) in [7, 11) is 0. The fraction of sp³-hybridized carbons (Fsp3) is 0.333. The molecule has 0 bridgehead atoms. The molecule has 0 spiro atoms. The van der Waals surface area contributed by atoms with Crippen molar-refractivity contribution in [2.75, 3.05) is 13.2 Å². The summed E-state index contributed by atoms with van der Waals surface area (Å²) in [6.07, 6.45) is 1.05. The third-order valence-electron chi connectivity index (χ3n) is 0.502. The highest BCUT2D eigenvalue weighted by atomic mass is 32.2. The van der Waals surface area contributed by atoms with Crippen LogP contribution < -0.4 is 0 Å². The Bertz CT molecular complexity index is 154. The highest BCUT2D eigenvalue weighted by Crippen LogP contribution is 1.83. The van der Waals surface area contributed by atoms with Crippen molar-refractivity contribution in [1.29, 1.82) is 0 Å². The van der Waals surface area contributed by atoms with E-state index in [1.807, 2.05) is 0 Å². The van der Waals surface area contributed by atoms with Gasteiger partial charge in [0.05, 0.1) is 10.1 Å². The van der Waals surface area contributed by atoms with Crippen molar-refractivity contribution in [2.24, 2.45) is 0 Å². The molecule has 0 atom stereocenters. The molecule has 0 aliphatic heterocycles. The summed E-state index contributed by atoms with van der Waals surface area (Å²) in [6.45, 7) is 3.06. The SMILES string of the molecule is C=CC(=O)OCCO.S=C(S)S. The summed E-state index contributed by atoms with van der Waals surface area (Å²) in [5.41, 5.74) is 0. The number of thiol groups is 2. The lowest BCUT2D eigenvalue weighted by Gasteiger charge is -1.94. The average molecular weight is 226 g/mol. The monoisotopic (exact) mass is 226 g/mol. The van der Waals surface area contributed by atoms with Crippen LogP contribution in [-0.4, -0.2) is 27.8 Å². The third kappa shape index (κ3) is 22.5. The van der Waals surface area contributed by atoms with Crippen LogP contribution in [0.5, 0.6) is 0 Å². The van der Waals surface area contributed by atoms with E-state index in [4.69, 9.17) is 5.11 Å². The summed E-state index contributed by atoms with van der Waals surface area (Å²) in [4.78, 5) is 10.1. The van der Waals surface area contributed by atoms with Crippen LogP contribution in [0.2, 0.25) is 0 Å². The molecule has 0 fully saturated rings. The van der Waals surface area contributed by atoms with Crippen LogP contribution in [0.25, 0.3) is 0 Å². The summed E-state index contributed by atoms with van der Waals surface area (Å²) in [5.74, 6) is -0.501. The van der Waals surface area contributed by atoms with E-state index in [1.54, 1.807) is 0 Å². The molecule has 0 aliphatic rings. The second kappa shape index (κ2) is 11.0. The maximum Gasteiger partial charge on any atom is 0.330 e. The van der Waals surface area contributed by atoms with Gasteiger partial charge in [-0.2, -0.15) is 0 Å². The van der Waals surface area contributed by atoms with E-state index in [-0.39, 0.29) is 13.2 Å². The number of aliphatic hydroxyl groups excluding tert-OH is 1. The van der Waals surface area contributed by atoms with Crippen LogP contribution in [0.1, 0.15) is 0 Å². The molecule has 12 heavy (non-hydrogen) atoms. The zero-order valence-corrected chi connectivity index (χ0v) is 8.87. The van der Waals surface area contributed by atoms with Gasteiger partial charge in [0.2, 0.25) is 0 Å². The number of thiocarbonyl (C=S) groups is 1. The first-order valence-electron chi connectivity index (χ1n) is 2.86. The second-order valence-electron chi connectivity index (χ2n) is 1.38. The molecule has 0 heterocycles. The highest BCUT2D eigenvalue weighted by molar-refractivity contribution is 8.34. The minimum absolute atomic E-state index is 0.0465. The third-order valence-corrected chi connectivity index (χ3v) is 0.502. The molecule has 1 N–H and O–H groups in total. The van der Waals surface area contributed by atoms with E-state index in [2.05, 4.69) is 48.8 Å². The predicted octanol–water partition coefficient (Wildman–Crippen LogP) is 0.839. The molecule has 0 aromatic rings. The van der Waals surface area contributed by atoms with Gasteiger partial charge in [0.25, 0.3) is 0 Å². The predicted molar refractivity (Wildman–Crippen MR) is 58.8 cm³/mol. The molecule has 3 nitrogen and oxygen atoms in total. The largest absolute Gasteiger partial charge is 0.460 e. The van der Waals surface area contributed by atoms with Crippen LogP contribution in [0, 0.1) is 0 Å². The maximum atomic E-state index is 10.1. The Morgan fingerprint density at radius 3 is 2.33 bits per heavy atom. The minimum atomic E-state index is -0.501. The van der Waals surface area contributed by atoms with E-state index in [9.17, 15) is 4.79 Å². The zero-order chi connectivity index (χ0) is 9.98. The Kier molecular flexibility index (Phi) is 13.2. The zero-order valence-electron chi connectivity index (χ0n) is 6.27. The smallest absolute Gasteiger partial charge is 0.330 e. The Hall–Kier alpha value is -0.0400. The van der Waals surface area contributed by atoms with Crippen molar-refractivity contribution in [3.05, 3.63) is 12.7 Å². The Labute approximate surface area is 87.6 Å². The number of esters is 1. The number of hydrogen-bond donors (Lipinski definition) is 3. The number of carbonyl (C=O) groups is 1. The van der Waals surface area contributed by atoms with Crippen LogP contribution in [0.15, 0.2) is 12.7 Å². The molecule has 0 rings (SSSR count). The van der Waals surface area contributed by atoms with Gasteiger partial charge in [-0.1, -0.05) is 18.8 Å². The minimum Gasteiger partial charge on any atom is -0.460 e. The first kappa shape index (κ1) is 14.5. The molecule has 0 radical (unpaired) electrons. The van der Waals surface area contributed by atoms with Crippen LogP contribution in [0.4, 0.5) is 0 Å². The molecule has 0 aromatic heterocycles. The summed E-state index contributed by atoms with van der Waals surface area (Å²) >= 11 is 11.4. The first-order valence-corrected chi connectivity index (χ1v) is 4.16. The molecular formula is C6H10O3S3. The van der Waals surface area contributed by atoms with Crippen LogP contribution >= 0.6 is 37.5 Å².